The lowest BCUT2D eigenvalue weighted by molar-refractivity contribution is 0.238. The van der Waals surface area contributed by atoms with Gasteiger partial charge in [0, 0.05) is 32.7 Å². The summed E-state index contributed by atoms with van der Waals surface area (Å²) in [6.07, 6.45) is 1.09. The quantitative estimate of drug-likeness (QED) is 0.592. The van der Waals surface area contributed by atoms with Crippen molar-refractivity contribution in [3.63, 3.8) is 0 Å². The van der Waals surface area contributed by atoms with Crippen LogP contribution >= 0.6 is 0 Å². The first-order valence-corrected chi connectivity index (χ1v) is 7.36. The van der Waals surface area contributed by atoms with Crippen molar-refractivity contribution >= 4 is 5.96 Å². The van der Waals surface area contributed by atoms with Crippen LogP contribution in [0.2, 0.25) is 0 Å². The highest BCUT2D eigenvalue weighted by Crippen LogP contribution is 2.07. The van der Waals surface area contributed by atoms with Crippen molar-refractivity contribution < 1.29 is 0 Å². The Morgan fingerprint density at radius 2 is 1.95 bits per heavy atom. The summed E-state index contributed by atoms with van der Waals surface area (Å²) >= 11 is 0. The van der Waals surface area contributed by atoms with Gasteiger partial charge in [0.15, 0.2) is 5.96 Å². The van der Waals surface area contributed by atoms with Gasteiger partial charge < -0.3 is 10.6 Å². The molecule has 0 heterocycles. The Morgan fingerprint density at radius 1 is 1.25 bits per heavy atom. The van der Waals surface area contributed by atoms with E-state index in [1.165, 1.54) is 5.56 Å². The van der Waals surface area contributed by atoms with Gasteiger partial charge in [0.25, 0.3) is 0 Å². The minimum Gasteiger partial charge on any atom is -0.357 e. The average molecular weight is 276 g/mol. The molecule has 0 saturated heterocycles. The zero-order valence-corrected chi connectivity index (χ0v) is 13.2. The second kappa shape index (κ2) is 9.37. The largest absolute Gasteiger partial charge is 0.357 e. The second-order valence-electron chi connectivity index (χ2n) is 5.07. The molecule has 0 aromatic heterocycles. The van der Waals surface area contributed by atoms with E-state index in [4.69, 9.17) is 0 Å². The summed E-state index contributed by atoms with van der Waals surface area (Å²) in [7, 11) is 3.98. The van der Waals surface area contributed by atoms with E-state index < -0.39 is 0 Å². The SMILES string of the molecule is CCNC(=NC)NCCC(C)N(C)Cc1ccccc1. The normalized spacial score (nSPS) is 13.3. The Hall–Kier alpha value is -1.55. The van der Waals surface area contributed by atoms with Gasteiger partial charge in [-0.1, -0.05) is 30.3 Å². The average Bonchev–Trinajstić information content (AvgIpc) is 2.47. The van der Waals surface area contributed by atoms with Gasteiger partial charge in [-0.05, 0) is 32.9 Å². The third-order valence-corrected chi connectivity index (χ3v) is 3.45. The van der Waals surface area contributed by atoms with Crippen LogP contribution in [0.1, 0.15) is 25.8 Å². The lowest BCUT2D eigenvalue weighted by Gasteiger charge is -2.25. The fraction of sp³-hybridized carbons (Fsp3) is 0.562. The summed E-state index contributed by atoms with van der Waals surface area (Å²) in [5.41, 5.74) is 1.36. The standard InChI is InChI=1S/C16H28N4/c1-5-18-16(17-3)19-12-11-14(2)20(4)13-15-9-7-6-8-10-15/h6-10,14H,5,11-13H2,1-4H3,(H2,17,18,19). The number of hydrogen-bond donors (Lipinski definition) is 2. The molecule has 0 aliphatic carbocycles. The molecule has 1 rings (SSSR count). The maximum atomic E-state index is 4.17. The summed E-state index contributed by atoms with van der Waals surface area (Å²) in [5, 5.41) is 6.53. The number of benzene rings is 1. The van der Waals surface area contributed by atoms with Crippen LogP contribution < -0.4 is 10.6 Å². The Morgan fingerprint density at radius 3 is 2.55 bits per heavy atom. The van der Waals surface area contributed by atoms with E-state index in [9.17, 15) is 0 Å². The van der Waals surface area contributed by atoms with Gasteiger partial charge in [0.05, 0.1) is 0 Å². The van der Waals surface area contributed by atoms with E-state index in [0.717, 1.165) is 32.0 Å². The Bertz CT molecular complexity index is 389. The molecule has 0 aliphatic rings. The maximum absolute atomic E-state index is 4.17. The molecule has 0 spiro atoms. The van der Waals surface area contributed by atoms with Crippen LogP contribution in [-0.2, 0) is 6.54 Å². The Balaban J connectivity index is 2.30. The van der Waals surface area contributed by atoms with E-state index in [-0.39, 0.29) is 0 Å². The van der Waals surface area contributed by atoms with Crippen LogP contribution in [0.3, 0.4) is 0 Å². The fourth-order valence-corrected chi connectivity index (χ4v) is 2.04. The minimum atomic E-state index is 0.530. The first-order valence-electron chi connectivity index (χ1n) is 7.36. The molecule has 1 aromatic rings. The molecule has 0 radical (unpaired) electrons. The molecular formula is C16H28N4. The highest BCUT2D eigenvalue weighted by molar-refractivity contribution is 5.79. The van der Waals surface area contributed by atoms with Crippen LogP contribution in [-0.4, -0.2) is 44.1 Å². The first-order chi connectivity index (χ1) is 9.67. The van der Waals surface area contributed by atoms with Crippen molar-refractivity contribution in [1.82, 2.24) is 15.5 Å². The van der Waals surface area contributed by atoms with Crippen molar-refractivity contribution in [3.8, 4) is 0 Å². The van der Waals surface area contributed by atoms with E-state index in [1.54, 1.807) is 7.05 Å². The molecule has 0 amide bonds. The predicted molar refractivity (Wildman–Crippen MR) is 87.0 cm³/mol. The predicted octanol–water partition coefficient (Wildman–Crippen LogP) is 2.08. The van der Waals surface area contributed by atoms with Gasteiger partial charge in [-0.3, -0.25) is 9.89 Å². The number of guanidine groups is 1. The van der Waals surface area contributed by atoms with Crippen LogP contribution in [0.25, 0.3) is 0 Å². The molecule has 1 atom stereocenters. The number of nitrogens with zero attached hydrogens (tertiary/aromatic N) is 2. The van der Waals surface area contributed by atoms with Crippen molar-refractivity contribution in [3.05, 3.63) is 35.9 Å². The van der Waals surface area contributed by atoms with E-state index in [2.05, 4.69) is 71.8 Å². The molecule has 4 nitrogen and oxygen atoms in total. The third kappa shape index (κ3) is 6.06. The van der Waals surface area contributed by atoms with Gasteiger partial charge in [-0.25, -0.2) is 0 Å². The molecule has 0 bridgehead atoms. The molecular weight excluding hydrogens is 248 g/mol. The van der Waals surface area contributed by atoms with Gasteiger partial charge in [-0.2, -0.15) is 0 Å². The summed E-state index contributed by atoms with van der Waals surface area (Å²) in [6, 6.07) is 11.1. The third-order valence-electron chi connectivity index (χ3n) is 3.45. The lowest BCUT2D eigenvalue weighted by Crippen LogP contribution is -2.39. The van der Waals surface area contributed by atoms with Crippen molar-refractivity contribution in [1.29, 1.82) is 0 Å². The molecule has 4 heteroatoms. The van der Waals surface area contributed by atoms with Crippen molar-refractivity contribution in [2.75, 3.05) is 27.2 Å². The minimum absolute atomic E-state index is 0.530. The smallest absolute Gasteiger partial charge is 0.190 e. The second-order valence-corrected chi connectivity index (χ2v) is 5.07. The fourth-order valence-electron chi connectivity index (χ4n) is 2.04. The molecule has 112 valence electrons. The van der Waals surface area contributed by atoms with Gasteiger partial charge in [0.2, 0.25) is 0 Å². The summed E-state index contributed by atoms with van der Waals surface area (Å²) in [5.74, 6) is 0.880. The van der Waals surface area contributed by atoms with Crippen LogP contribution in [0.4, 0.5) is 0 Å². The highest BCUT2D eigenvalue weighted by Gasteiger charge is 2.09. The summed E-state index contributed by atoms with van der Waals surface area (Å²) in [6.45, 7) is 7.15. The van der Waals surface area contributed by atoms with Crippen LogP contribution in [0.15, 0.2) is 35.3 Å². The molecule has 2 N–H and O–H groups in total. The van der Waals surface area contributed by atoms with Crippen molar-refractivity contribution in [2.45, 2.75) is 32.9 Å². The zero-order chi connectivity index (χ0) is 14.8. The monoisotopic (exact) mass is 276 g/mol. The van der Waals surface area contributed by atoms with Crippen LogP contribution in [0, 0.1) is 0 Å². The number of nitrogens with one attached hydrogen (secondary N) is 2. The van der Waals surface area contributed by atoms with E-state index >= 15 is 0 Å². The first kappa shape index (κ1) is 16.5. The van der Waals surface area contributed by atoms with E-state index in [1.807, 2.05) is 0 Å². The Labute approximate surface area is 123 Å². The summed E-state index contributed by atoms with van der Waals surface area (Å²) < 4.78 is 0. The van der Waals surface area contributed by atoms with Gasteiger partial charge >= 0.3 is 0 Å². The topological polar surface area (TPSA) is 39.7 Å². The number of rotatable bonds is 7. The van der Waals surface area contributed by atoms with Gasteiger partial charge in [-0.15, -0.1) is 0 Å². The molecule has 1 unspecified atom stereocenters. The van der Waals surface area contributed by atoms with E-state index in [0.29, 0.717) is 6.04 Å². The Kier molecular flexibility index (Phi) is 7.73. The van der Waals surface area contributed by atoms with Crippen LogP contribution in [0.5, 0.6) is 0 Å². The molecule has 20 heavy (non-hydrogen) atoms. The maximum Gasteiger partial charge on any atom is 0.190 e. The van der Waals surface area contributed by atoms with Crippen molar-refractivity contribution in [2.24, 2.45) is 4.99 Å². The number of hydrogen-bond acceptors (Lipinski definition) is 2. The molecule has 0 saturated carbocycles. The number of aliphatic imine (C=N–C) groups is 1. The highest BCUT2D eigenvalue weighted by atomic mass is 15.2. The molecule has 0 aliphatic heterocycles. The molecule has 1 aromatic carbocycles. The zero-order valence-electron chi connectivity index (χ0n) is 13.2. The molecule has 0 fully saturated rings. The lowest BCUT2D eigenvalue weighted by atomic mass is 10.1. The van der Waals surface area contributed by atoms with Gasteiger partial charge in [0.1, 0.15) is 0 Å². The summed E-state index contributed by atoms with van der Waals surface area (Å²) in [4.78, 5) is 6.55.